The standard InChI is InChI=1S/C14H27N3O2/c1-12-3-6-17(7-4-12)14(18)11-16(2)10-13-9-15-5-8-19-13/h12-13,15H,3-11H2,1-2H3. The van der Waals surface area contributed by atoms with Crippen molar-refractivity contribution in [3.05, 3.63) is 0 Å². The minimum absolute atomic E-state index is 0.216. The molecule has 0 radical (unpaired) electrons. The monoisotopic (exact) mass is 269 g/mol. The molecule has 0 aliphatic carbocycles. The van der Waals surface area contributed by atoms with Crippen LogP contribution in [0, 0.1) is 5.92 Å². The van der Waals surface area contributed by atoms with Gasteiger partial charge in [0.05, 0.1) is 19.3 Å². The first-order valence-electron chi connectivity index (χ1n) is 7.44. The summed E-state index contributed by atoms with van der Waals surface area (Å²) in [6, 6.07) is 0. The Balaban J connectivity index is 1.69. The third-order valence-electron chi connectivity index (χ3n) is 4.06. The van der Waals surface area contributed by atoms with E-state index < -0.39 is 0 Å². The van der Waals surface area contributed by atoms with Crippen molar-refractivity contribution in [3.8, 4) is 0 Å². The average molecular weight is 269 g/mol. The SMILES string of the molecule is CC1CCN(C(=O)CN(C)CC2CNCCO2)CC1. The van der Waals surface area contributed by atoms with Crippen LogP contribution in [0.25, 0.3) is 0 Å². The number of carbonyl (C=O) groups excluding carboxylic acids is 1. The van der Waals surface area contributed by atoms with Crippen LogP contribution >= 0.6 is 0 Å². The van der Waals surface area contributed by atoms with E-state index in [1.54, 1.807) is 0 Å². The van der Waals surface area contributed by atoms with Crippen molar-refractivity contribution >= 4 is 5.91 Å². The molecule has 2 rings (SSSR count). The molecule has 1 N–H and O–H groups in total. The highest BCUT2D eigenvalue weighted by Crippen LogP contribution is 2.16. The summed E-state index contributed by atoms with van der Waals surface area (Å²) in [6.45, 7) is 8.05. The Hall–Kier alpha value is -0.650. The normalized spacial score (nSPS) is 25.8. The maximum Gasteiger partial charge on any atom is 0.236 e. The van der Waals surface area contributed by atoms with E-state index in [1.165, 1.54) is 0 Å². The summed E-state index contributed by atoms with van der Waals surface area (Å²) < 4.78 is 5.66. The Morgan fingerprint density at radius 3 is 2.79 bits per heavy atom. The number of rotatable bonds is 4. The van der Waals surface area contributed by atoms with Crippen molar-refractivity contribution in [2.45, 2.75) is 25.9 Å². The zero-order chi connectivity index (χ0) is 13.7. The summed E-state index contributed by atoms with van der Waals surface area (Å²) in [6.07, 6.45) is 2.50. The third kappa shape index (κ3) is 4.75. The highest BCUT2D eigenvalue weighted by atomic mass is 16.5. The number of amides is 1. The maximum atomic E-state index is 12.2. The summed E-state index contributed by atoms with van der Waals surface area (Å²) in [5, 5.41) is 3.31. The van der Waals surface area contributed by atoms with Gasteiger partial charge < -0.3 is 15.0 Å². The van der Waals surface area contributed by atoms with Crippen LogP contribution in [-0.4, -0.2) is 74.7 Å². The third-order valence-corrected chi connectivity index (χ3v) is 4.06. The summed E-state index contributed by atoms with van der Waals surface area (Å²) in [4.78, 5) is 16.3. The molecule has 0 aromatic rings. The molecule has 1 amide bonds. The number of nitrogens with zero attached hydrogens (tertiary/aromatic N) is 2. The van der Waals surface area contributed by atoms with Crippen LogP contribution in [-0.2, 0) is 9.53 Å². The fourth-order valence-electron chi connectivity index (χ4n) is 2.74. The first kappa shape index (κ1) is 14.8. The predicted octanol–water partition coefficient (Wildman–Crippen LogP) is 0.165. The van der Waals surface area contributed by atoms with E-state index in [1.807, 2.05) is 11.9 Å². The van der Waals surface area contributed by atoms with Crippen LogP contribution in [0.3, 0.4) is 0 Å². The van der Waals surface area contributed by atoms with Crippen molar-refractivity contribution in [2.24, 2.45) is 5.92 Å². The molecule has 0 aromatic heterocycles. The second kappa shape index (κ2) is 7.22. The topological polar surface area (TPSA) is 44.8 Å². The van der Waals surface area contributed by atoms with Gasteiger partial charge in [-0.15, -0.1) is 0 Å². The zero-order valence-corrected chi connectivity index (χ0v) is 12.2. The molecule has 2 heterocycles. The van der Waals surface area contributed by atoms with Gasteiger partial charge >= 0.3 is 0 Å². The van der Waals surface area contributed by atoms with Gasteiger partial charge in [-0.2, -0.15) is 0 Å². The van der Waals surface area contributed by atoms with E-state index in [4.69, 9.17) is 4.74 Å². The van der Waals surface area contributed by atoms with E-state index in [0.29, 0.717) is 6.54 Å². The lowest BCUT2D eigenvalue weighted by atomic mass is 9.99. The van der Waals surface area contributed by atoms with Gasteiger partial charge in [-0.25, -0.2) is 0 Å². The largest absolute Gasteiger partial charge is 0.374 e. The molecule has 1 unspecified atom stereocenters. The smallest absolute Gasteiger partial charge is 0.236 e. The van der Waals surface area contributed by atoms with Gasteiger partial charge in [0.1, 0.15) is 0 Å². The first-order chi connectivity index (χ1) is 9.15. The second-order valence-corrected chi connectivity index (χ2v) is 5.96. The van der Waals surface area contributed by atoms with E-state index in [-0.39, 0.29) is 12.0 Å². The van der Waals surface area contributed by atoms with Crippen LogP contribution in [0.2, 0.25) is 0 Å². The van der Waals surface area contributed by atoms with Gasteiger partial charge in [0.2, 0.25) is 5.91 Å². The minimum atomic E-state index is 0.216. The van der Waals surface area contributed by atoms with Gasteiger partial charge in [0.15, 0.2) is 0 Å². The van der Waals surface area contributed by atoms with Crippen molar-refractivity contribution in [2.75, 3.05) is 52.9 Å². The number of hydrogen-bond donors (Lipinski definition) is 1. The molecule has 1 atom stereocenters. The van der Waals surface area contributed by atoms with Gasteiger partial charge in [0, 0.05) is 32.7 Å². The number of likely N-dealkylation sites (N-methyl/N-ethyl adjacent to an activating group) is 1. The Kier molecular flexibility index (Phi) is 5.60. The molecule has 110 valence electrons. The maximum absolute atomic E-state index is 12.2. The fourth-order valence-corrected chi connectivity index (χ4v) is 2.74. The number of nitrogens with one attached hydrogen (secondary N) is 1. The lowest BCUT2D eigenvalue weighted by Gasteiger charge is -2.32. The Morgan fingerprint density at radius 1 is 1.42 bits per heavy atom. The highest BCUT2D eigenvalue weighted by Gasteiger charge is 2.22. The van der Waals surface area contributed by atoms with E-state index in [2.05, 4.69) is 17.1 Å². The van der Waals surface area contributed by atoms with Crippen molar-refractivity contribution in [1.29, 1.82) is 0 Å². The Labute approximate surface area is 116 Å². The zero-order valence-electron chi connectivity index (χ0n) is 12.2. The molecule has 2 aliphatic rings. The summed E-state index contributed by atoms with van der Waals surface area (Å²) >= 11 is 0. The van der Waals surface area contributed by atoms with Gasteiger partial charge in [-0.05, 0) is 25.8 Å². The lowest BCUT2D eigenvalue weighted by molar-refractivity contribution is -0.133. The molecule has 2 fully saturated rings. The number of likely N-dealkylation sites (tertiary alicyclic amines) is 1. The van der Waals surface area contributed by atoms with Crippen molar-refractivity contribution in [3.63, 3.8) is 0 Å². The lowest BCUT2D eigenvalue weighted by Crippen LogP contribution is -2.48. The minimum Gasteiger partial charge on any atom is -0.374 e. The van der Waals surface area contributed by atoms with Crippen LogP contribution in [0.4, 0.5) is 0 Å². The molecule has 2 aliphatic heterocycles. The molecule has 19 heavy (non-hydrogen) atoms. The molecule has 5 nitrogen and oxygen atoms in total. The predicted molar refractivity (Wildman–Crippen MR) is 75.1 cm³/mol. The van der Waals surface area contributed by atoms with Gasteiger partial charge in [-0.1, -0.05) is 6.92 Å². The second-order valence-electron chi connectivity index (χ2n) is 5.96. The van der Waals surface area contributed by atoms with Gasteiger partial charge in [0.25, 0.3) is 0 Å². The molecule has 0 spiro atoms. The van der Waals surface area contributed by atoms with E-state index in [0.717, 1.165) is 58.1 Å². The summed E-state index contributed by atoms with van der Waals surface area (Å²) in [5.41, 5.74) is 0. The number of hydrogen-bond acceptors (Lipinski definition) is 4. The summed E-state index contributed by atoms with van der Waals surface area (Å²) in [7, 11) is 2.00. The summed E-state index contributed by atoms with van der Waals surface area (Å²) in [5.74, 6) is 1.03. The van der Waals surface area contributed by atoms with E-state index in [9.17, 15) is 4.79 Å². The number of ether oxygens (including phenoxy) is 1. The molecule has 5 heteroatoms. The molecular weight excluding hydrogens is 242 g/mol. The molecule has 0 aromatic carbocycles. The number of morpholine rings is 1. The van der Waals surface area contributed by atoms with Crippen molar-refractivity contribution in [1.82, 2.24) is 15.1 Å². The average Bonchev–Trinajstić information content (AvgIpc) is 2.40. The van der Waals surface area contributed by atoms with Crippen LogP contribution < -0.4 is 5.32 Å². The van der Waals surface area contributed by atoms with Crippen molar-refractivity contribution < 1.29 is 9.53 Å². The van der Waals surface area contributed by atoms with Crippen LogP contribution in [0.5, 0.6) is 0 Å². The van der Waals surface area contributed by atoms with Crippen LogP contribution in [0.1, 0.15) is 19.8 Å². The Bertz CT molecular complexity index is 284. The van der Waals surface area contributed by atoms with Crippen LogP contribution in [0.15, 0.2) is 0 Å². The van der Waals surface area contributed by atoms with Gasteiger partial charge in [-0.3, -0.25) is 9.69 Å². The molecular formula is C14H27N3O2. The molecule has 2 saturated heterocycles. The van der Waals surface area contributed by atoms with E-state index >= 15 is 0 Å². The first-order valence-corrected chi connectivity index (χ1v) is 7.44. The number of piperidine rings is 1. The molecule has 0 bridgehead atoms. The quantitative estimate of drug-likeness (QED) is 0.790. The highest BCUT2D eigenvalue weighted by molar-refractivity contribution is 5.78. The fraction of sp³-hybridized carbons (Fsp3) is 0.929. The Morgan fingerprint density at radius 2 is 2.16 bits per heavy atom. The molecule has 0 saturated carbocycles. The number of carbonyl (C=O) groups is 1.